The molecule has 112 valence electrons. The molecule has 0 amide bonds. The zero-order chi connectivity index (χ0) is 14.5. The maximum atomic E-state index is 9.88. The summed E-state index contributed by atoms with van der Waals surface area (Å²) in [7, 11) is 0. The first-order valence-electron chi connectivity index (χ1n) is 6.08. The van der Waals surface area contributed by atoms with Gasteiger partial charge in [-0.1, -0.05) is 18.2 Å². The van der Waals surface area contributed by atoms with Gasteiger partial charge in [0.25, 0.3) is 0 Å². The Balaban J connectivity index is 2.03. The number of aliphatic hydroxyl groups excluding tert-OH is 3. The molecule has 7 nitrogen and oxygen atoms in total. The Labute approximate surface area is 120 Å². The fourth-order valence-electron chi connectivity index (χ4n) is 1.94. The third kappa shape index (κ3) is 3.61. The number of aliphatic hydroxyl groups is 3. The third-order valence-electron chi connectivity index (χ3n) is 3.01. The lowest BCUT2D eigenvalue weighted by Gasteiger charge is -2.40. The highest BCUT2D eigenvalue weighted by Crippen LogP contribution is 2.24. The second-order valence-electron chi connectivity index (χ2n) is 4.39. The minimum atomic E-state index is -1.40. The van der Waals surface area contributed by atoms with Crippen LogP contribution in [0.25, 0.3) is 0 Å². The first kappa shape index (κ1) is 15.5. The first-order valence-corrected chi connectivity index (χ1v) is 6.85. The Morgan fingerprint density at radius 2 is 1.80 bits per heavy atom. The average Bonchev–Trinajstić information content (AvgIpc) is 2.48. The number of nitrogens with one attached hydrogen (secondary N) is 1. The summed E-state index contributed by atoms with van der Waals surface area (Å²) in [5.41, 5.74) is 0. The predicted octanol–water partition coefficient (Wildman–Crippen LogP) is -0.416. The molecule has 1 aromatic carbocycles. The summed E-state index contributed by atoms with van der Waals surface area (Å²) in [6.45, 7) is 0.0841. The average molecular weight is 303 g/mol. The second-order valence-corrected chi connectivity index (χ2v) is 4.86. The van der Waals surface area contributed by atoms with Crippen LogP contribution in [0.2, 0.25) is 0 Å². The molecule has 0 aliphatic carbocycles. The summed E-state index contributed by atoms with van der Waals surface area (Å²) in [5.74, 6) is 0.475. The summed E-state index contributed by atoms with van der Waals surface area (Å²) >= 11 is 0.378. The summed E-state index contributed by atoms with van der Waals surface area (Å²) in [6, 6.07) is 8.71. The van der Waals surface area contributed by atoms with Gasteiger partial charge in [-0.2, -0.15) is 0 Å². The van der Waals surface area contributed by atoms with Crippen LogP contribution in [-0.2, 0) is 4.74 Å². The van der Waals surface area contributed by atoms with Gasteiger partial charge in [-0.05, 0) is 12.1 Å². The molecule has 3 unspecified atom stereocenters. The van der Waals surface area contributed by atoms with E-state index < -0.39 is 30.7 Å². The highest BCUT2D eigenvalue weighted by atomic mass is 32.2. The van der Waals surface area contributed by atoms with Crippen LogP contribution in [0.15, 0.2) is 30.3 Å². The summed E-state index contributed by atoms with van der Waals surface area (Å²) < 4.78 is 22.0. The molecule has 0 aromatic heterocycles. The number of hydrogen-bond acceptors (Lipinski definition) is 8. The van der Waals surface area contributed by atoms with Crippen LogP contribution in [0.4, 0.5) is 0 Å². The summed E-state index contributed by atoms with van der Waals surface area (Å²) in [6.07, 6.45) is -5.97. The van der Waals surface area contributed by atoms with Crippen molar-refractivity contribution in [1.29, 1.82) is 0 Å². The van der Waals surface area contributed by atoms with Crippen molar-refractivity contribution >= 4 is 12.2 Å². The van der Waals surface area contributed by atoms with E-state index in [9.17, 15) is 15.3 Å². The van der Waals surface area contributed by atoms with Crippen LogP contribution in [-0.4, -0.2) is 57.1 Å². The van der Waals surface area contributed by atoms with E-state index in [2.05, 4.69) is 4.72 Å². The molecule has 8 heteroatoms. The van der Waals surface area contributed by atoms with E-state index in [1.165, 1.54) is 0 Å². The molecule has 0 saturated carbocycles. The number of benzene rings is 1. The fourth-order valence-corrected chi connectivity index (χ4v) is 2.17. The van der Waals surface area contributed by atoms with Crippen molar-refractivity contribution < 1.29 is 29.3 Å². The minimum absolute atomic E-state index is 0.0841. The van der Waals surface area contributed by atoms with Crippen LogP contribution in [0.1, 0.15) is 0 Å². The van der Waals surface area contributed by atoms with Crippen molar-refractivity contribution in [3.63, 3.8) is 0 Å². The van der Waals surface area contributed by atoms with Gasteiger partial charge in [0.15, 0.2) is 0 Å². The van der Waals surface area contributed by atoms with Crippen LogP contribution in [0.3, 0.4) is 0 Å². The van der Waals surface area contributed by atoms with Gasteiger partial charge in [0.2, 0.25) is 6.29 Å². The molecule has 0 radical (unpaired) electrons. The Hall–Kier alpha value is -0.870. The summed E-state index contributed by atoms with van der Waals surface area (Å²) in [4.78, 5) is 0. The van der Waals surface area contributed by atoms with Crippen LogP contribution < -0.4 is 9.46 Å². The molecule has 2 rings (SSSR count). The number of ether oxygens (including phenoxy) is 2. The first-order chi connectivity index (χ1) is 9.63. The molecule has 20 heavy (non-hydrogen) atoms. The summed E-state index contributed by atoms with van der Waals surface area (Å²) in [5, 5.41) is 29.5. The van der Waals surface area contributed by atoms with Crippen molar-refractivity contribution in [2.24, 2.45) is 0 Å². The highest BCUT2D eigenvalue weighted by molar-refractivity contribution is 7.91. The Morgan fingerprint density at radius 1 is 1.10 bits per heavy atom. The molecule has 1 aliphatic rings. The topological polar surface area (TPSA) is 111 Å². The van der Waals surface area contributed by atoms with E-state index in [0.717, 1.165) is 0 Å². The van der Waals surface area contributed by atoms with Crippen LogP contribution >= 0.6 is 12.2 Å². The molecule has 1 aliphatic heterocycles. The lowest BCUT2D eigenvalue weighted by atomic mass is 9.99. The molecular formula is C12H17NO6S. The normalized spacial score (nSPS) is 33.9. The zero-order valence-corrected chi connectivity index (χ0v) is 11.3. The lowest BCUT2D eigenvalue weighted by Crippen LogP contribution is -2.60. The maximum Gasteiger partial charge on any atom is 0.229 e. The molecule has 0 bridgehead atoms. The zero-order valence-electron chi connectivity index (χ0n) is 10.5. The van der Waals surface area contributed by atoms with E-state index in [-0.39, 0.29) is 6.54 Å². The quantitative estimate of drug-likeness (QED) is 0.368. The van der Waals surface area contributed by atoms with E-state index in [4.69, 9.17) is 14.0 Å². The second kappa shape index (κ2) is 7.23. The van der Waals surface area contributed by atoms with Crippen molar-refractivity contribution in [3.05, 3.63) is 30.3 Å². The van der Waals surface area contributed by atoms with E-state index in [1.807, 2.05) is 6.07 Å². The largest absolute Gasteiger partial charge is 0.462 e. The van der Waals surface area contributed by atoms with E-state index >= 15 is 0 Å². The smallest absolute Gasteiger partial charge is 0.229 e. The highest BCUT2D eigenvalue weighted by Gasteiger charge is 2.44. The standard InChI is InChI=1S/C12H17NO6S/c14-9-8(6-13-20-17)19-12(11(16)10(9)15)18-7-4-2-1-3-5-7/h1-5,8-17H,6H2/t8?,9-,10?,11?,12+/m1/s1. The molecule has 5 atom stereocenters. The van der Waals surface area contributed by atoms with Crippen LogP contribution in [0.5, 0.6) is 5.75 Å². The van der Waals surface area contributed by atoms with E-state index in [0.29, 0.717) is 18.0 Å². The van der Waals surface area contributed by atoms with Gasteiger partial charge in [-0.3, -0.25) is 0 Å². The number of para-hydroxylation sites is 1. The van der Waals surface area contributed by atoms with Gasteiger partial charge in [0.1, 0.15) is 30.2 Å². The van der Waals surface area contributed by atoms with Crippen molar-refractivity contribution in [2.45, 2.75) is 30.7 Å². The van der Waals surface area contributed by atoms with E-state index in [1.54, 1.807) is 24.3 Å². The van der Waals surface area contributed by atoms with Gasteiger partial charge in [-0.15, -0.1) is 0 Å². The van der Waals surface area contributed by atoms with Gasteiger partial charge in [0.05, 0.1) is 12.2 Å². The van der Waals surface area contributed by atoms with Crippen LogP contribution in [0, 0.1) is 0 Å². The molecule has 5 N–H and O–H groups in total. The number of rotatable bonds is 5. The fraction of sp³-hybridized carbons (Fsp3) is 0.500. The van der Waals surface area contributed by atoms with Crippen molar-refractivity contribution in [2.75, 3.05) is 6.54 Å². The molecule has 1 fully saturated rings. The molecule has 1 aromatic rings. The SMILES string of the molecule is OSNCC1O[C@H](Oc2ccccc2)C(O)C(O)[C@@H]1O. The number of hydrogen-bond donors (Lipinski definition) is 5. The molecule has 1 saturated heterocycles. The Morgan fingerprint density at radius 3 is 2.45 bits per heavy atom. The monoisotopic (exact) mass is 303 g/mol. The third-order valence-corrected chi connectivity index (χ3v) is 3.31. The van der Waals surface area contributed by atoms with Crippen molar-refractivity contribution in [3.8, 4) is 5.75 Å². The Kier molecular flexibility index (Phi) is 5.61. The maximum absolute atomic E-state index is 9.88. The molecule has 0 spiro atoms. The minimum Gasteiger partial charge on any atom is -0.462 e. The lowest BCUT2D eigenvalue weighted by molar-refractivity contribution is -0.270. The molecule has 1 heterocycles. The van der Waals surface area contributed by atoms with Gasteiger partial charge in [-0.25, -0.2) is 4.72 Å². The molecular weight excluding hydrogens is 286 g/mol. The van der Waals surface area contributed by atoms with Crippen molar-refractivity contribution in [1.82, 2.24) is 4.72 Å². The van der Waals surface area contributed by atoms with Gasteiger partial charge in [0, 0.05) is 6.54 Å². The van der Waals surface area contributed by atoms with Gasteiger partial charge < -0.3 is 29.3 Å². The predicted molar refractivity (Wildman–Crippen MR) is 72.0 cm³/mol. The Bertz CT molecular complexity index is 408. The van der Waals surface area contributed by atoms with Gasteiger partial charge >= 0.3 is 0 Å².